The third kappa shape index (κ3) is 10.4. The van der Waals surface area contributed by atoms with Crippen molar-refractivity contribution in [3.63, 3.8) is 0 Å². The van der Waals surface area contributed by atoms with Crippen molar-refractivity contribution in [2.24, 2.45) is 0 Å². The highest BCUT2D eigenvalue weighted by molar-refractivity contribution is 4.53. The van der Waals surface area contributed by atoms with Gasteiger partial charge in [0.25, 0.3) is 0 Å². The van der Waals surface area contributed by atoms with E-state index in [1.807, 2.05) is 0 Å². The highest BCUT2D eigenvalue weighted by Gasteiger charge is 2.23. The molecule has 0 aliphatic carbocycles. The first-order valence-electron chi connectivity index (χ1n) is 9.10. The average molecular weight is 395 g/mol. The number of likely N-dealkylation sites (tertiary alicyclic amines) is 1. The lowest BCUT2D eigenvalue weighted by molar-refractivity contribution is -0.914. The summed E-state index contributed by atoms with van der Waals surface area (Å²) in [5.74, 6) is 0. The number of halogens is 1. The Morgan fingerprint density at radius 3 is 1.60 bits per heavy atom. The minimum absolute atomic E-state index is 0. The highest BCUT2D eigenvalue weighted by Crippen LogP contribution is 2.18. The largest absolute Gasteiger partial charge is 1.00 e. The zero-order valence-corrected chi connectivity index (χ0v) is 16.3. The van der Waals surface area contributed by atoms with E-state index in [0.29, 0.717) is 0 Å². The summed E-state index contributed by atoms with van der Waals surface area (Å²) in [5, 5.41) is 0. The summed E-state index contributed by atoms with van der Waals surface area (Å²) >= 11 is 0. The van der Waals surface area contributed by atoms with E-state index in [4.69, 9.17) is 0 Å². The molecule has 0 spiro atoms. The van der Waals surface area contributed by atoms with Gasteiger partial charge >= 0.3 is 0 Å². The van der Waals surface area contributed by atoms with Crippen molar-refractivity contribution in [3.8, 4) is 0 Å². The Kier molecular flexibility index (Phi) is 13.8. The summed E-state index contributed by atoms with van der Waals surface area (Å²) in [4.78, 5) is 0. The highest BCUT2D eigenvalue weighted by atomic mass is 127. The van der Waals surface area contributed by atoms with Crippen LogP contribution >= 0.6 is 0 Å². The first-order valence-corrected chi connectivity index (χ1v) is 9.10. The topological polar surface area (TPSA) is 0 Å². The molecule has 122 valence electrons. The number of quaternary nitrogens is 1. The Morgan fingerprint density at radius 2 is 1.10 bits per heavy atom. The molecule has 0 aromatic carbocycles. The minimum Gasteiger partial charge on any atom is -1.00 e. The van der Waals surface area contributed by atoms with Gasteiger partial charge in [-0.3, -0.25) is 0 Å². The van der Waals surface area contributed by atoms with Gasteiger partial charge in [0, 0.05) is 0 Å². The van der Waals surface area contributed by atoms with Gasteiger partial charge in [-0.25, -0.2) is 0 Å². The molecule has 0 bridgehead atoms. The molecular formula is C18H38IN. The van der Waals surface area contributed by atoms with Gasteiger partial charge in [-0.2, -0.15) is 0 Å². The van der Waals surface area contributed by atoms with Gasteiger partial charge in [-0.15, -0.1) is 0 Å². The Hall–Kier alpha value is 0.690. The molecule has 20 heavy (non-hydrogen) atoms. The van der Waals surface area contributed by atoms with E-state index >= 15 is 0 Å². The second-order valence-electron chi connectivity index (χ2n) is 7.03. The first-order chi connectivity index (χ1) is 9.27. The van der Waals surface area contributed by atoms with E-state index in [0.717, 1.165) is 0 Å². The van der Waals surface area contributed by atoms with Crippen LogP contribution in [0.25, 0.3) is 0 Å². The summed E-state index contributed by atoms with van der Waals surface area (Å²) in [5.41, 5.74) is 0. The molecule has 0 amide bonds. The second-order valence-corrected chi connectivity index (χ2v) is 7.03. The van der Waals surface area contributed by atoms with Gasteiger partial charge in [0.15, 0.2) is 0 Å². The summed E-state index contributed by atoms with van der Waals surface area (Å²) in [6, 6.07) is 0. The van der Waals surface area contributed by atoms with Gasteiger partial charge in [0.1, 0.15) is 0 Å². The first kappa shape index (κ1) is 20.7. The van der Waals surface area contributed by atoms with Crippen molar-refractivity contribution in [2.75, 3.05) is 26.7 Å². The van der Waals surface area contributed by atoms with Crippen LogP contribution in [0.2, 0.25) is 0 Å². The number of piperidine rings is 1. The van der Waals surface area contributed by atoms with Crippen molar-refractivity contribution < 1.29 is 28.5 Å². The van der Waals surface area contributed by atoms with Gasteiger partial charge in [-0.05, 0) is 32.1 Å². The van der Waals surface area contributed by atoms with E-state index in [1.54, 1.807) is 0 Å². The molecule has 1 aliphatic heterocycles. The molecule has 1 saturated heterocycles. The SMILES string of the molecule is CCCCCCCCCCCC[N+]1(C)CCCCC1.[I-]. The van der Waals surface area contributed by atoms with Crippen LogP contribution in [0, 0.1) is 0 Å². The predicted octanol–water partition coefficient (Wildman–Crippen LogP) is 2.54. The zero-order valence-electron chi connectivity index (χ0n) is 14.1. The number of unbranched alkanes of at least 4 members (excludes halogenated alkanes) is 9. The van der Waals surface area contributed by atoms with Crippen molar-refractivity contribution in [1.29, 1.82) is 0 Å². The second kappa shape index (κ2) is 13.4. The van der Waals surface area contributed by atoms with Gasteiger partial charge in [0.05, 0.1) is 26.7 Å². The van der Waals surface area contributed by atoms with Crippen LogP contribution < -0.4 is 24.0 Å². The summed E-state index contributed by atoms with van der Waals surface area (Å²) < 4.78 is 1.37. The van der Waals surface area contributed by atoms with E-state index in [1.165, 1.54) is 108 Å². The zero-order chi connectivity index (χ0) is 13.8. The molecule has 1 heterocycles. The van der Waals surface area contributed by atoms with Crippen LogP contribution in [0.4, 0.5) is 0 Å². The minimum atomic E-state index is 0. The quantitative estimate of drug-likeness (QED) is 0.287. The van der Waals surface area contributed by atoms with Crippen LogP contribution in [0.3, 0.4) is 0 Å². The molecular weight excluding hydrogens is 357 g/mol. The van der Waals surface area contributed by atoms with Crippen LogP contribution in [0.15, 0.2) is 0 Å². The molecule has 1 rings (SSSR count). The van der Waals surface area contributed by atoms with E-state index in [2.05, 4.69) is 14.0 Å². The fourth-order valence-electron chi connectivity index (χ4n) is 3.48. The average Bonchev–Trinajstić information content (AvgIpc) is 2.42. The molecule has 0 unspecified atom stereocenters. The number of hydrogen-bond acceptors (Lipinski definition) is 0. The monoisotopic (exact) mass is 395 g/mol. The van der Waals surface area contributed by atoms with Crippen LogP contribution in [0.5, 0.6) is 0 Å². The smallest absolute Gasteiger partial charge is 0.0784 e. The lowest BCUT2D eigenvalue weighted by Crippen LogP contribution is -3.00. The molecule has 1 aliphatic rings. The van der Waals surface area contributed by atoms with Crippen molar-refractivity contribution in [3.05, 3.63) is 0 Å². The molecule has 0 saturated carbocycles. The van der Waals surface area contributed by atoms with Crippen molar-refractivity contribution >= 4 is 0 Å². The Balaban J connectivity index is 0.00000361. The summed E-state index contributed by atoms with van der Waals surface area (Å²) in [6.07, 6.45) is 19.0. The van der Waals surface area contributed by atoms with E-state index in [-0.39, 0.29) is 24.0 Å². The van der Waals surface area contributed by atoms with Crippen LogP contribution in [0.1, 0.15) is 90.4 Å². The Morgan fingerprint density at radius 1 is 0.650 bits per heavy atom. The molecule has 1 nitrogen and oxygen atoms in total. The maximum absolute atomic E-state index is 2.48. The lowest BCUT2D eigenvalue weighted by Gasteiger charge is -2.37. The molecule has 0 atom stereocenters. The standard InChI is InChI=1S/C18H38N.HI/c1-3-4-5-6-7-8-9-10-11-13-16-19(2)17-14-12-15-18-19;/h3-18H2,1-2H3;1H/q+1;/p-1. The fourth-order valence-corrected chi connectivity index (χ4v) is 3.48. The summed E-state index contributed by atoms with van der Waals surface area (Å²) in [7, 11) is 2.48. The van der Waals surface area contributed by atoms with Gasteiger partial charge in [-0.1, -0.05) is 58.3 Å². The molecule has 0 aromatic heterocycles. The number of hydrogen-bond donors (Lipinski definition) is 0. The molecule has 1 fully saturated rings. The van der Waals surface area contributed by atoms with E-state index < -0.39 is 0 Å². The Bertz CT molecular complexity index is 200. The van der Waals surface area contributed by atoms with Crippen molar-refractivity contribution in [2.45, 2.75) is 90.4 Å². The van der Waals surface area contributed by atoms with Gasteiger partial charge < -0.3 is 28.5 Å². The number of rotatable bonds is 11. The molecule has 0 radical (unpaired) electrons. The third-order valence-electron chi connectivity index (χ3n) is 4.95. The van der Waals surface area contributed by atoms with Gasteiger partial charge in [0.2, 0.25) is 0 Å². The van der Waals surface area contributed by atoms with E-state index in [9.17, 15) is 0 Å². The maximum Gasteiger partial charge on any atom is 0.0784 e. The molecule has 2 heteroatoms. The summed E-state index contributed by atoms with van der Waals surface area (Å²) in [6.45, 7) is 6.62. The maximum atomic E-state index is 2.48. The van der Waals surface area contributed by atoms with Crippen LogP contribution in [-0.2, 0) is 0 Å². The molecule has 0 aromatic rings. The van der Waals surface area contributed by atoms with Crippen LogP contribution in [-0.4, -0.2) is 31.2 Å². The number of nitrogens with zero attached hydrogens (tertiary/aromatic N) is 1. The Labute approximate surface area is 145 Å². The lowest BCUT2D eigenvalue weighted by atomic mass is 10.0. The normalized spacial score (nSPS) is 17.7. The molecule has 0 N–H and O–H groups in total. The predicted molar refractivity (Wildman–Crippen MR) is 86.5 cm³/mol. The third-order valence-corrected chi connectivity index (χ3v) is 4.95. The van der Waals surface area contributed by atoms with Crippen molar-refractivity contribution in [1.82, 2.24) is 0 Å². The fraction of sp³-hybridized carbons (Fsp3) is 1.00.